The summed E-state index contributed by atoms with van der Waals surface area (Å²) >= 11 is 1.69. The van der Waals surface area contributed by atoms with Crippen LogP contribution in [0.1, 0.15) is 11.1 Å². The van der Waals surface area contributed by atoms with E-state index in [0.717, 1.165) is 54.7 Å². The number of thioether (sulfide) groups is 1. The predicted molar refractivity (Wildman–Crippen MR) is 134 cm³/mol. The predicted octanol–water partition coefficient (Wildman–Crippen LogP) is 4.67. The molecule has 5 rings (SSSR count). The zero-order valence-electron chi connectivity index (χ0n) is 18.6. The molecule has 1 aliphatic rings. The van der Waals surface area contributed by atoms with Crippen LogP contribution < -0.4 is 0 Å². The van der Waals surface area contributed by atoms with E-state index in [1.54, 1.807) is 11.8 Å². The van der Waals surface area contributed by atoms with Gasteiger partial charge in [0.15, 0.2) is 5.16 Å². The molecule has 0 unspecified atom stereocenters. The van der Waals surface area contributed by atoms with Gasteiger partial charge in [0.25, 0.3) is 0 Å². The highest BCUT2D eigenvalue weighted by atomic mass is 32.2. The minimum absolute atomic E-state index is 0.166. The molecule has 168 valence electrons. The van der Waals surface area contributed by atoms with Crippen molar-refractivity contribution in [2.75, 3.05) is 26.2 Å². The minimum Gasteiger partial charge on any atom is -0.339 e. The molecule has 0 aliphatic carbocycles. The maximum Gasteiger partial charge on any atom is 0.242 e. The summed E-state index contributed by atoms with van der Waals surface area (Å²) in [6, 6.07) is 29.0. The molecule has 1 aromatic heterocycles. The van der Waals surface area contributed by atoms with Crippen LogP contribution in [-0.4, -0.2) is 51.4 Å². The second-order valence-electron chi connectivity index (χ2n) is 8.39. The van der Waals surface area contributed by atoms with E-state index in [-0.39, 0.29) is 5.91 Å². The molecule has 4 aromatic rings. The topological polar surface area (TPSA) is 41.4 Å². The first-order valence-corrected chi connectivity index (χ1v) is 12.4. The molecule has 2 heterocycles. The number of imidazole rings is 1. The van der Waals surface area contributed by atoms with Crippen molar-refractivity contribution in [1.29, 1.82) is 0 Å². The van der Waals surface area contributed by atoms with Crippen molar-refractivity contribution in [2.24, 2.45) is 0 Å². The maximum absolute atomic E-state index is 13.3. The summed E-state index contributed by atoms with van der Waals surface area (Å²) < 4.78 is 2.08. The van der Waals surface area contributed by atoms with E-state index in [2.05, 4.69) is 64.1 Å². The summed E-state index contributed by atoms with van der Waals surface area (Å²) in [7, 11) is 0. The number of benzene rings is 3. The van der Waals surface area contributed by atoms with Crippen molar-refractivity contribution >= 4 is 28.7 Å². The van der Waals surface area contributed by atoms with E-state index in [4.69, 9.17) is 4.98 Å². The Morgan fingerprint density at radius 3 is 2.15 bits per heavy atom. The van der Waals surface area contributed by atoms with Gasteiger partial charge in [-0.25, -0.2) is 4.98 Å². The third-order valence-electron chi connectivity index (χ3n) is 6.10. The molecule has 33 heavy (non-hydrogen) atoms. The van der Waals surface area contributed by atoms with E-state index in [9.17, 15) is 4.79 Å². The molecular formula is C27H28N4OS. The van der Waals surface area contributed by atoms with Gasteiger partial charge in [-0.2, -0.15) is 0 Å². The van der Waals surface area contributed by atoms with Crippen molar-refractivity contribution in [3.05, 3.63) is 96.1 Å². The van der Waals surface area contributed by atoms with Gasteiger partial charge in [-0.1, -0.05) is 84.6 Å². The van der Waals surface area contributed by atoms with Crippen molar-refractivity contribution in [3.8, 4) is 0 Å². The minimum atomic E-state index is 0.166. The van der Waals surface area contributed by atoms with E-state index in [0.29, 0.717) is 6.54 Å². The summed E-state index contributed by atoms with van der Waals surface area (Å²) in [4.78, 5) is 22.5. The summed E-state index contributed by atoms with van der Waals surface area (Å²) in [5, 5.41) is 0.899. The highest BCUT2D eigenvalue weighted by molar-refractivity contribution is 7.98. The van der Waals surface area contributed by atoms with Gasteiger partial charge >= 0.3 is 0 Å². The largest absolute Gasteiger partial charge is 0.339 e. The fourth-order valence-corrected chi connectivity index (χ4v) is 5.24. The summed E-state index contributed by atoms with van der Waals surface area (Å²) in [5.41, 5.74) is 4.53. The first kappa shape index (κ1) is 21.7. The Morgan fingerprint density at radius 2 is 1.42 bits per heavy atom. The summed E-state index contributed by atoms with van der Waals surface area (Å²) in [6.07, 6.45) is 0. The molecule has 0 spiro atoms. The summed E-state index contributed by atoms with van der Waals surface area (Å²) in [5.74, 6) is 0.996. The van der Waals surface area contributed by atoms with E-state index < -0.39 is 0 Å². The van der Waals surface area contributed by atoms with Gasteiger partial charge in [0.05, 0.1) is 11.0 Å². The van der Waals surface area contributed by atoms with Crippen molar-refractivity contribution in [1.82, 2.24) is 19.4 Å². The van der Waals surface area contributed by atoms with Crippen LogP contribution in [0.5, 0.6) is 0 Å². The number of rotatable bonds is 7. The number of nitrogens with zero attached hydrogens (tertiary/aromatic N) is 4. The molecule has 3 aromatic carbocycles. The van der Waals surface area contributed by atoms with Gasteiger partial charge in [-0.05, 0) is 23.3 Å². The Hall–Kier alpha value is -3.09. The highest BCUT2D eigenvalue weighted by Gasteiger charge is 2.23. The normalized spacial score (nSPS) is 14.6. The number of carbonyl (C=O) groups is 1. The number of carbonyl (C=O) groups excluding carboxylic acids is 1. The number of fused-ring (bicyclic) bond motifs is 1. The molecular weight excluding hydrogens is 428 g/mol. The Morgan fingerprint density at radius 1 is 0.788 bits per heavy atom. The molecule has 1 fully saturated rings. The Bertz CT molecular complexity index is 1200. The van der Waals surface area contributed by atoms with Gasteiger partial charge in [0, 0.05) is 38.5 Å². The fourth-order valence-electron chi connectivity index (χ4n) is 4.27. The first-order valence-electron chi connectivity index (χ1n) is 11.4. The average Bonchev–Trinajstić information content (AvgIpc) is 3.21. The zero-order chi connectivity index (χ0) is 22.5. The smallest absolute Gasteiger partial charge is 0.242 e. The second-order valence-corrected chi connectivity index (χ2v) is 9.33. The van der Waals surface area contributed by atoms with E-state index in [1.165, 1.54) is 11.1 Å². The van der Waals surface area contributed by atoms with Crippen molar-refractivity contribution < 1.29 is 4.79 Å². The zero-order valence-corrected chi connectivity index (χ0v) is 19.5. The lowest BCUT2D eigenvalue weighted by Gasteiger charge is -2.35. The molecule has 1 amide bonds. The lowest BCUT2D eigenvalue weighted by atomic mass is 10.2. The van der Waals surface area contributed by atoms with Crippen LogP contribution in [0.3, 0.4) is 0 Å². The van der Waals surface area contributed by atoms with Crippen LogP contribution >= 0.6 is 11.8 Å². The fraction of sp³-hybridized carbons (Fsp3) is 0.259. The number of para-hydroxylation sites is 2. The second kappa shape index (κ2) is 10.2. The first-order chi connectivity index (χ1) is 16.3. The van der Waals surface area contributed by atoms with Gasteiger partial charge in [0.2, 0.25) is 5.91 Å². The molecule has 0 atom stereocenters. The Kier molecular flexibility index (Phi) is 6.74. The van der Waals surface area contributed by atoms with Gasteiger partial charge in [-0.3, -0.25) is 9.69 Å². The van der Waals surface area contributed by atoms with Crippen molar-refractivity contribution in [3.63, 3.8) is 0 Å². The molecule has 6 heteroatoms. The molecule has 1 saturated heterocycles. The van der Waals surface area contributed by atoms with Gasteiger partial charge in [0.1, 0.15) is 6.54 Å². The van der Waals surface area contributed by atoms with Crippen LogP contribution in [0.25, 0.3) is 11.0 Å². The molecule has 1 aliphatic heterocycles. The lowest BCUT2D eigenvalue weighted by Crippen LogP contribution is -2.49. The average molecular weight is 457 g/mol. The number of piperazine rings is 1. The molecule has 0 bridgehead atoms. The standard InChI is InChI=1S/C27H28N4OS/c32-26(30-17-15-29(16-18-30)19-22-9-3-1-4-10-22)20-31-25-14-8-7-13-24(25)28-27(31)33-21-23-11-5-2-6-12-23/h1-14H,15-21H2. The molecule has 0 radical (unpaired) electrons. The summed E-state index contributed by atoms with van der Waals surface area (Å²) in [6.45, 7) is 4.61. The maximum atomic E-state index is 13.3. The molecule has 5 nitrogen and oxygen atoms in total. The van der Waals surface area contributed by atoms with Crippen molar-refractivity contribution in [2.45, 2.75) is 24.0 Å². The number of amides is 1. The number of aromatic nitrogens is 2. The monoisotopic (exact) mass is 456 g/mol. The van der Waals surface area contributed by atoms with E-state index >= 15 is 0 Å². The third kappa shape index (κ3) is 5.29. The number of hydrogen-bond acceptors (Lipinski definition) is 4. The lowest BCUT2D eigenvalue weighted by molar-refractivity contribution is -0.133. The van der Waals surface area contributed by atoms with Crippen LogP contribution in [0, 0.1) is 0 Å². The number of hydrogen-bond donors (Lipinski definition) is 0. The third-order valence-corrected chi connectivity index (χ3v) is 7.15. The van der Waals surface area contributed by atoms with Gasteiger partial charge in [-0.15, -0.1) is 0 Å². The van der Waals surface area contributed by atoms with Crippen LogP contribution in [0.2, 0.25) is 0 Å². The van der Waals surface area contributed by atoms with E-state index in [1.807, 2.05) is 35.2 Å². The SMILES string of the molecule is O=C(Cn1c(SCc2ccccc2)nc2ccccc21)N1CCN(Cc2ccccc2)CC1. The molecule has 0 N–H and O–H groups in total. The Labute approximate surface area is 199 Å². The molecule has 0 saturated carbocycles. The quantitative estimate of drug-likeness (QED) is 0.379. The van der Waals surface area contributed by atoms with Crippen LogP contribution in [-0.2, 0) is 23.6 Å². The Balaban J connectivity index is 1.25. The van der Waals surface area contributed by atoms with Gasteiger partial charge < -0.3 is 9.47 Å². The highest BCUT2D eigenvalue weighted by Crippen LogP contribution is 2.27. The van der Waals surface area contributed by atoms with Crippen LogP contribution in [0.15, 0.2) is 90.1 Å². The van der Waals surface area contributed by atoms with Crippen LogP contribution in [0.4, 0.5) is 0 Å².